The fourth-order valence-electron chi connectivity index (χ4n) is 1.50. The normalized spacial score (nSPS) is 13.6. The Balaban J connectivity index is 3.03. The summed E-state index contributed by atoms with van der Waals surface area (Å²) >= 11 is 0. The Kier molecular flexibility index (Phi) is 3.81. The van der Waals surface area contributed by atoms with Crippen molar-refractivity contribution >= 4 is 0 Å². The van der Waals surface area contributed by atoms with Crippen LogP contribution in [0.15, 0.2) is 18.2 Å². The molecule has 0 unspecified atom stereocenters. The number of nitrogens with two attached hydrogens (primary N) is 1. The topological polar surface area (TPSA) is 55.5 Å². The van der Waals surface area contributed by atoms with Crippen LogP contribution in [-0.4, -0.2) is 11.7 Å². The summed E-state index contributed by atoms with van der Waals surface area (Å²) in [7, 11) is 0. The van der Waals surface area contributed by atoms with Crippen LogP contribution in [0.2, 0.25) is 0 Å². The Labute approximate surface area is 97.2 Å². The summed E-state index contributed by atoms with van der Waals surface area (Å²) in [6, 6.07) is 5.21. The lowest BCUT2D eigenvalue weighted by Gasteiger charge is -2.27. The summed E-state index contributed by atoms with van der Waals surface area (Å²) in [5, 5.41) is 9.58. The second-order valence-electron chi connectivity index (χ2n) is 5.00. The van der Waals surface area contributed by atoms with E-state index in [0.29, 0.717) is 12.4 Å². The van der Waals surface area contributed by atoms with E-state index in [1.165, 1.54) is 0 Å². The monoisotopic (exact) mass is 223 g/mol. The number of benzene rings is 1. The minimum Gasteiger partial charge on any atom is -0.504 e. The number of aromatic hydroxyl groups is 1. The first kappa shape index (κ1) is 12.8. The summed E-state index contributed by atoms with van der Waals surface area (Å²) in [6.45, 7) is 8.68. The van der Waals surface area contributed by atoms with Gasteiger partial charge in [0, 0.05) is 6.04 Å². The molecule has 0 aliphatic carbocycles. The smallest absolute Gasteiger partial charge is 0.161 e. The molecule has 0 spiro atoms. The van der Waals surface area contributed by atoms with Crippen molar-refractivity contribution in [3.63, 3.8) is 0 Å². The molecular formula is C13H21NO2. The van der Waals surface area contributed by atoms with Gasteiger partial charge < -0.3 is 15.6 Å². The number of rotatable bonds is 3. The molecule has 0 aliphatic heterocycles. The van der Waals surface area contributed by atoms with E-state index in [4.69, 9.17) is 10.5 Å². The minimum atomic E-state index is -0.0766. The van der Waals surface area contributed by atoms with Gasteiger partial charge in [-0.25, -0.2) is 0 Å². The van der Waals surface area contributed by atoms with Crippen LogP contribution >= 0.6 is 0 Å². The maximum atomic E-state index is 9.58. The van der Waals surface area contributed by atoms with Gasteiger partial charge in [0.15, 0.2) is 11.5 Å². The number of phenols is 1. The summed E-state index contributed by atoms with van der Waals surface area (Å²) in [6.07, 6.45) is 0. The van der Waals surface area contributed by atoms with Crippen molar-refractivity contribution in [2.75, 3.05) is 6.61 Å². The van der Waals surface area contributed by atoms with Crippen LogP contribution in [-0.2, 0) is 0 Å². The van der Waals surface area contributed by atoms with Gasteiger partial charge in [-0.3, -0.25) is 0 Å². The average molecular weight is 223 g/mol. The van der Waals surface area contributed by atoms with Gasteiger partial charge in [0.25, 0.3) is 0 Å². The molecule has 0 saturated carbocycles. The minimum absolute atomic E-state index is 0.0134. The van der Waals surface area contributed by atoms with Gasteiger partial charge in [-0.2, -0.15) is 0 Å². The van der Waals surface area contributed by atoms with Gasteiger partial charge in [0.2, 0.25) is 0 Å². The van der Waals surface area contributed by atoms with E-state index in [9.17, 15) is 5.11 Å². The number of ether oxygens (including phenoxy) is 1. The molecule has 0 aromatic heterocycles. The molecule has 90 valence electrons. The Morgan fingerprint density at radius 3 is 2.50 bits per heavy atom. The van der Waals surface area contributed by atoms with Crippen molar-refractivity contribution in [2.24, 2.45) is 11.1 Å². The third kappa shape index (κ3) is 2.89. The molecule has 1 aromatic carbocycles. The van der Waals surface area contributed by atoms with Crippen molar-refractivity contribution in [3.8, 4) is 11.5 Å². The zero-order valence-corrected chi connectivity index (χ0v) is 10.4. The van der Waals surface area contributed by atoms with Crippen LogP contribution < -0.4 is 10.5 Å². The number of hydrogen-bond acceptors (Lipinski definition) is 3. The lowest BCUT2D eigenvalue weighted by molar-refractivity contribution is 0.309. The van der Waals surface area contributed by atoms with E-state index < -0.39 is 0 Å². The van der Waals surface area contributed by atoms with Gasteiger partial charge >= 0.3 is 0 Å². The summed E-state index contributed by atoms with van der Waals surface area (Å²) in [5.74, 6) is 0.659. The largest absolute Gasteiger partial charge is 0.504 e. The quantitative estimate of drug-likeness (QED) is 0.828. The predicted octanol–water partition coefficient (Wildman–Crippen LogP) is 2.84. The molecule has 16 heavy (non-hydrogen) atoms. The van der Waals surface area contributed by atoms with Crippen molar-refractivity contribution in [3.05, 3.63) is 23.8 Å². The predicted molar refractivity (Wildman–Crippen MR) is 65.7 cm³/mol. The SMILES string of the molecule is CCOc1cc([C@@H](N)C(C)(C)C)ccc1O. The molecule has 1 aromatic rings. The van der Waals surface area contributed by atoms with Gasteiger partial charge in [0.1, 0.15) is 0 Å². The van der Waals surface area contributed by atoms with E-state index in [1.54, 1.807) is 6.07 Å². The van der Waals surface area contributed by atoms with Crippen molar-refractivity contribution in [1.82, 2.24) is 0 Å². The highest BCUT2D eigenvalue weighted by atomic mass is 16.5. The Hall–Kier alpha value is -1.22. The Morgan fingerprint density at radius 1 is 1.38 bits per heavy atom. The fourth-order valence-corrected chi connectivity index (χ4v) is 1.50. The molecule has 0 bridgehead atoms. The molecule has 0 saturated heterocycles. The van der Waals surface area contributed by atoms with Crippen LogP contribution in [0.4, 0.5) is 0 Å². The zero-order valence-electron chi connectivity index (χ0n) is 10.4. The summed E-state index contributed by atoms with van der Waals surface area (Å²) < 4.78 is 5.33. The molecule has 3 nitrogen and oxygen atoms in total. The van der Waals surface area contributed by atoms with E-state index in [0.717, 1.165) is 5.56 Å². The third-order valence-corrected chi connectivity index (χ3v) is 2.58. The molecule has 0 aliphatic rings. The standard InChI is InChI=1S/C13H21NO2/c1-5-16-11-8-9(6-7-10(11)15)12(14)13(2,3)4/h6-8,12,15H,5,14H2,1-4H3/t12-/m1/s1. The van der Waals surface area contributed by atoms with Gasteiger partial charge in [-0.15, -0.1) is 0 Å². The van der Waals surface area contributed by atoms with Crippen LogP contribution in [0.25, 0.3) is 0 Å². The molecule has 0 amide bonds. The van der Waals surface area contributed by atoms with Crippen LogP contribution in [0.5, 0.6) is 11.5 Å². The highest BCUT2D eigenvalue weighted by molar-refractivity contribution is 5.43. The maximum absolute atomic E-state index is 9.58. The van der Waals surface area contributed by atoms with E-state index in [-0.39, 0.29) is 17.2 Å². The first-order valence-corrected chi connectivity index (χ1v) is 5.57. The maximum Gasteiger partial charge on any atom is 0.161 e. The van der Waals surface area contributed by atoms with Crippen LogP contribution in [0.1, 0.15) is 39.3 Å². The lowest BCUT2D eigenvalue weighted by atomic mass is 9.83. The molecule has 3 heteroatoms. The Morgan fingerprint density at radius 2 is 2.00 bits per heavy atom. The molecule has 0 heterocycles. The average Bonchev–Trinajstić information content (AvgIpc) is 2.19. The molecule has 3 N–H and O–H groups in total. The molecular weight excluding hydrogens is 202 g/mol. The van der Waals surface area contributed by atoms with Crippen molar-refractivity contribution < 1.29 is 9.84 Å². The first-order valence-electron chi connectivity index (χ1n) is 5.57. The van der Waals surface area contributed by atoms with Crippen LogP contribution in [0, 0.1) is 5.41 Å². The van der Waals surface area contributed by atoms with Crippen LogP contribution in [0.3, 0.4) is 0 Å². The first-order chi connectivity index (χ1) is 7.36. The van der Waals surface area contributed by atoms with E-state index in [2.05, 4.69) is 20.8 Å². The molecule has 0 fully saturated rings. The highest BCUT2D eigenvalue weighted by Crippen LogP contribution is 2.35. The van der Waals surface area contributed by atoms with Gasteiger partial charge in [0.05, 0.1) is 6.61 Å². The fraction of sp³-hybridized carbons (Fsp3) is 0.538. The lowest BCUT2D eigenvalue weighted by Crippen LogP contribution is -2.26. The van der Waals surface area contributed by atoms with Crippen molar-refractivity contribution in [2.45, 2.75) is 33.7 Å². The molecule has 0 radical (unpaired) electrons. The van der Waals surface area contributed by atoms with Gasteiger partial charge in [-0.05, 0) is 30.0 Å². The third-order valence-electron chi connectivity index (χ3n) is 2.58. The Bertz CT molecular complexity index is 355. The number of phenolic OH excluding ortho intramolecular Hbond substituents is 1. The second-order valence-corrected chi connectivity index (χ2v) is 5.00. The molecule has 1 rings (SSSR count). The molecule has 1 atom stereocenters. The highest BCUT2D eigenvalue weighted by Gasteiger charge is 2.23. The van der Waals surface area contributed by atoms with E-state index >= 15 is 0 Å². The van der Waals surface area contributed by atoms with E-state index in [1.807, 2.05) is 19.1 Å². The second kappa shape index (κ2) is 4.74. The zero-order chi connectivity index (χ0) is 12.3. The van der Waals surface area contributed by atoms with Crippen molar-refractivity contribution in [1.29, 1.82) is 0 Å². The summed E-state index contributed by atoms with van der Waals surface area (Å²) in [5.41, 5.74) is 7.12. The summed E-state index contributed by atoms with van der Waals surface area (Å²) in [4.78, 5) is 0. The number of hydrogen-bond donors (Lipinski definition) is 2. The van der Waals surface area contributed by atoms with Gasteiger partial charge in [-0.1, -0.05) is 26.8 Å².